The highest BCUT2D eigenvalue weighted by Gasteiger charge is 2.55. The lowest BCUT2D eigenvalue weighted by Crippen LogP contribution is -2.57. The molecule has 1 amide bonds. The summed E-state index contributed by atoms with van der Waals surface area (Å²) in [4.78, 5) is 14.6. The van der Waals surface area contributed by atoms with Gasteiger partial charge >= 0.3 is 0 Å². The van der Waals surface area contributed by atoms with Gasteiger partial charge in [0.25, 0.3) is 0 Å². The van der Waals surface area contributed by atoms with E-state index in [1.807, 2.05) is 0 Å². The molecule has 0 aromatic heterocycles. The van der Waals surface area contributed by atoms with Crippen LogP contribution in [-0.4, -0.2) is 34.1 Å². The molecule has 2 aliphatic heterocycles. The Balaban J connectivity index is 1.94. The number of aliphatic hydroxyl groups excluding tert-OH is 1. The van der Waals surface area contributed by atoms with Crippen LogP contribution < -0.4 is 0 Å². The summed E-state index contributed by atoms with van der Waals surface area (Å²) in [7, 11) is 0. The summed E-state index contributed by atoms with van der Waals surface area (Å²) < 4.78 is 0. The summed E-state index contributed by atoms with van der Waals surface area (Å²) in [6.07, 6.45) is 9.29. The number of hydrogen-bond acceptors (Lipinski definition) is 2. The number of aliphatic hydroxyl groups is 1. The van der Waals surface area contributed by atoms with E-state index in [9.17, 15) is 9.90 Å². The van der Waals surface area contributed by atoms with E-state index in [4.69, 9.17) is 0 Å². The van der Waals surface area contributed by atoms with E-state index in [-0.39, 0.29) is 11.6 Å². The van der Waals surface area contributed by atoms with Gasteiger partial charge in [0.2, 0.25) is 5.91 Å². The number of carbonyl (C=O) groups is 1. The number of nitrogens with zero attached hydrogens (tertiary/aromatic N) is 1. The molecule has 0 bridgehead atoms. The third-order valence-corrected chi connectivity index (χ3v) is 5.93. The van der Waals surface area contributed by atoms with Crippen LogP contribution in [0.15, 0.2) is 0 Å². The van der Waals surface area contributed by atoms with Crippen molar-refractivity contribution < 1.29 is 9.90 Å². The third-order valence-electron chi connectivity index (χ3n) is 5.93. The number of hydrogen-bond donors (Lipinski definition) is 1. The molecule has 1 aliphatic carbocycles. The maximum Gasteiger partial charge on any atom is 0.223 e. The van der Waals surface area contributed by atoms with Gasteiger partial charge < -0.3 is 10.0 Å². The maximum absolute atomic E-state index is 12.4. The Morgan fingerprint density at radius 2 is 2.16 bits per heavy atom. The largest absolute Gasteiger partial charge is 0.393 e. The van der Waals surface area contributed by atoms with Crippen LogP contribution in [0.3, 0.4) is 0 Å². The zero-order valence-electron chi connectivity index (χ0n) is 12.1. The van der Waals surface area contributed by atoms with Gasteiger partial charge in [-0.1, -0.05) is 13.3 Å². The minimum Gasteiger partial charge on any atom is -0.393 e. The summed E-state index contributed by atoms with van der Waals surface area (Å²) in [6.45, 7) is 3.17. The van der Waals surface area contributed by atoms with Gasteiger partial charge in [-0.15, -0.1) is 0 Å². The van der Waals surface area contributed by atoms with Crippen molar-refractivity contribution in [1.29, 1.82) is 0 Å². The summed E-state index contributed by atoms with van der Waals surface area (Å²) in [5.41, 5.74) is 0.118. The van der Waals surface area contributed by atoms with Crippen LogP contribution in [0.4, 0.5) is 0 Å². The fourth-order valence-corrected chi connectivity index (χ4v) is 5.20. The van der Waals surface area contributed by atoms with E-state index >= 15 is 0 Å². The number of carbonyl (C=O) groups excluding carboxylic acids is 1. The second-order valence-corrected chi connectivity index (χ2v) is 6.81. The second kappa shape index (κ2) is 5.08. The highest BCUT2D eigenvalue weighted by Crippen LogP contribution is 2.52. The number of rotatable bonds is 2. The molecule has 108 valence electrons. The van der Waals surface area contributed by atoms with E-state index in [1.54, 1.807) is 0 Å². The second-order valence-electron chi connectivity index (χ2n) is 6.81. The molecule has 2 heterocycles. The van der Waals surface area contributed by atoms with Gasteiger partial charge in [-0.3, -0.25) is 4.79 Å². The van der Waals surface area contributed by atoms with Crippen LogP contribution in [0.1, 0.15) is 64.7 Å². The standard InChI is InChI=1S/C16H27NO2/c1-2-5-12-13-6-3-7-15(19)17-11-4-9-16(13,17)10-8-14(12)18/h12-14,18H,2-11H2,1H3/t12-,13+,14+,16-/m1/s1. The molecule has 3 heteroatoms. The van der Waals surface area contributed by atoms with Crippen LogP contribution in [0.2, 0.25) is 0 Å². The fourth-order valence-electron chi connectivity index (χ4n) is 5.20. The quantitative estimate of drug-likeness (QED) is 0.834. The topological polar surface area (TPSA) is 40.5 Å². The predicted molar refractivity (Wildman–Crippen MR) is 74.7 cm³/mol. The summed E-state index contributed by atoms with van der Waals surface area (Å²) in [5, 5.41) is 10.4. The lowest BCUT2D eigenvalue weighted by molar-refractivity contribution is -0.141. The van der Waals surface area contributed by atoms with Gasteiger partial charge in [-0.2, -0.15) is 0 Å². The van der Waals surface area contributed by atoms with Crippen LogP contribution in [0.5, 0.6) is 0 Å². The third kappa shape index (κ3) is 2.01. The number of amides is 1. The smallest absolute Gasteiger partial charge is 0.223 e. The summed E-state index contributed by atoms with van der Waals surface area (Å²) in [5.74, 6) is 1.35. The molecule has 3 nitrogen and oxygen atoms in total. The molecule has 0 aromatic rings. The molecule has 19 heavy (non-hydrogen) atoms. The van der Waals surface area contributed by atoms with E-state index in [2.05, 4.69) is 11.8 Å². The van der Waals surface area contributed by atoms with Crippen molar-refractivity contribution in [2.24, 2.45) is 11.8 Å². The van der Waals surface area contributed by atoms with E-state index in [0.717, 1.165) is 57.9 Å². The van der Waals surface area contributed by atoms with Crippen molar-refractivity contribution in [3.05, 3.63) is 0 Å². The monoisotopic (exact) mass is 265 g/mol. The molecule has 0 unspecified atom stereocenters. The first-order chi connectivity index (χ1) is 9.19. The zero-order chi connectivity index (χ0) is 13.5. The molecule has 2 saturated heterocycles. The van der Waals surface area contributed by atoms with Crippen molar-refractivity contribution in [2.45, 2.75) is 76.4 Å². The Hall–Kier alpha value is -0.570. The Kier molecular flexibility index (Phi) is 3.59. The van der Waals surface area contributed by atoms with Crippen LogP contribution in [0.25, 0.3) is 0 Å². The molecule has 3 fully saturated rings. The first kappa shape index (κ1) is 13.4. The van der Waals surface area contributed by atoms with E-state index < -0.39 is 0 Å². The lowest BCUT2D eigenvalue weighted by Gasteiger charge is -2.51. The molecular weight excluding hydrogens is 238 g/mol. The van der Waals surface area contributed by atoms with Gasteiger partial charge in [-0.25, -0.2) is 0 Å². The highest BCUT2D eigenvalue weighted by molar-refractivity contribution is 5.78. The van der Waals surface area contributed by atoms with E-state index in [0.29, 0.717) is 17.7 Å². The molecule has 0 radical (unpaired) electrons. The molecule has 4 atom stereocenters. The molecule has 3 rings (SSSR count). The fraction of sp³-hybridized carbons (Fsp3) is 0.938. The Morgan fingerprint density at radius 3 is 2.95 bits per heavy atom. The molecule has 1 N–H and O–H groups in total. The lowest BCUT2D eigenvalue weighted by atomic mass is 9.62. The molecule has 1 spiro atoms. The molecule has 1 saturated carbocycles. The van der Waals surface area contributed by atoms with Gasteiger partial charge in [0.05, 0.1) is 6.10 Å². The first-order valence-corrected chi connectivity index (χ1v) is 8.17. The van der Waals surface area contributed by atoms with Gasteiger partial charge in [0, 0.05) is 18.5 Å². The minimum atomic E-state index is -0.133. The average Bonchev–Trinajstić information content (AvgIpc) is 2.76. The molecule has 0 aromatic carbocycles. The zero-order valence-corrected chi connectivity index (χ0v) is 12.1. The van der Waals surface area contributed by atoms with Crippen molar-refractivity contribution in [1.82, 2.24) is 4.90 Å². The Bertz CT molecular complexity index is 357. The van der Waals surface area contributed by atoms with Crippen LogP contribution in [-0.2, 0) is 4.79 Å². The Labute approximate surface area is 116 Å². The van der Waals surface area contributed by atoms with Crippen molar-refractivity contribution in [3.8, 4) is 0 Å². The van der Waals surface area contributed by atoms with Gasteiger partial charge in [-0.05, 0) is 56.8 Å². The SMILES string of the molecule is CCC[C@H]1[C@@H](O)CC[C@@]23CCCN2C(=O)CCC[C@@H]13. The summed E-state index contributed by atoms with van der Waals surface area (Å²) >= 11 is 0. The minimum absolute atomic E-state index is 0.118. The van der Waals surface area contributed by atoms with Crippen molar-refractivity contribution >= 4 is 5.91 Å². The normalized spacial score (nSPS) is 42.7. The van der Waals surface area contributed by atoms with Gasteiger partial charge in [0.15, 0.2) is 0 Å². The van der Waals surface area contributed by atoms with Gasteiger partial charge in [0.1, 0.15) is 0 Å². The highest BCUT2D eigenvalue weighted by atomic mass is 16.3. The van der Waals surface area contributed by atoms with Crippen LogP contribution >= 0.6 is 0 Å². The summed E-state index contributed by atoms with van der Waals surface area (Å²) in [6, 6.07) is 0. The Morgan fingerprint density at radius 1 is 1.32 bits per heavy atom. The van der Waals surface area contributed by atoms with E-state index in [1.165, 1.54) is 6.42 Å². The van der Waals surface area contributed by atoms with Crippen LogP contribution in [0, 0.1) is 11.8 Å². The average molecular weight is 265 g/mol. The first-order valence-electron chi connectivity index (χ1n) is 8.17. The van der Waals surface area contributed by atoms with Crippen molar-refractivity contribution in [2.75, 3.05) is 6.54 Å². The molecule has 3 aliphatic rings. The molecular formula is C16H27NO2. The maximum atomic E-state index is 12.4. The predicted octanol–water partition coefficient (Wildman–Crippen LogP) is 2.72. The van der Waals surface area contributed by atoms with Crippen molar-refractivity contribution in [3.63, 3.8) is 0 Å².